The molecule has 2 radical (unpaired) electrons. The van der Waals surface area contributed by atoms with Crippen LogP contribution in [0.15, 0.2) is 0 Å². The molecule has 1 heterocycles. The van der Waals surface area contributed by atoms with Crippen LogP contribution in [-0.4, -0.2) is 32.4 Å². The number of hydrogen-bond donors (Lipinski definition) is 0. The molecule has 1 fully saturated rings. The van der Waals surface area contributed by atoms with E-state index in [9.17, 15) is 0 Å². The molecule has 0 saturated carbocycles. The first-order valence-electron chi connectivity index (χ1n) is 4.36. The average Bonchev–Trinajstić information content (AvgIpc) is 2.03. The Morgan fingerprint density at radius 1 is 1.10 bits per heavy atom. The van der Waals surface area contributed by atoms with Crippen LogP contribution in [0.25, 0.3) is 0 Å². The maximum absolute atomic E-state index is 5.42. The molecule has 1 rings (SSSR count). The standard InChI is InChI=1S/C8H16BN/c9-5-4-8-10-6-2-1-3-7-10/h1-8H2. The fourth-order valence-corrected chi connectivity index (χ4v) is 1.50. The van der Waals surface area contributed by atoms with Crippen molar-refractivity contribution >= 4 is 7.85 Å². The van der Waals surface area contributed by atoms with Crippen LogP contribution in [0.1, 0.15) is 25.7 Å². The summed E-state index contributed by atoms with van der Waals surface area (Å²) in [6.45, 7) is 3.83. The first kappa shape index (κ1) is 8.12. The van der Waals surface area contributed by atoms with E-state index >= 15 is 0 Å². The Labute approximate surface area is 65.2 Å². The second kappa shape index (κ2) is 4.78. The summed E-state index contributed by atoms with van der Waals surface area (Å²) >= 11 is 0. The summed E-state index contributed by atoms with van der Waals surface area (Å²) in [6, 6.07) is 0. The van der Waals surface area contributed by atoms with Crippen LogP contribution in [-0.2, 0) is 0 Å². The van der Waals surface area contributed by atoms with Gasteiger partial charge in [0.15, 0.2) is 0 Å². The van der Waals surface area contributed by atoms with Gasteiger partial charge in [-0.15, -0.1) is 0 Å². The van der Waals surface area contributed by atoms with Crippen LogP contribution in [0.3, 0.4) is 0 Å². The van der Waals surface area contributed by atoms with Crippen molar-refractivity contribution in [3.05, 3.63) is 0 Å². The molecule has 0 N–H and O–H groups in total. The Balaban J connectivity index is 2.02. The lowest BCUT2D eigenvalue weighted by Crippen LogP contribution is -2.30. The van der Waals surface area contributed by atoms with Crippen molar-refractivity contribution < 1.29 is 0 Å². The Hall–Kier alpha value is 0.0249. The lowest BCUT2D eigenvalue weighted by Gasteiger charge is -2.25. The van der Waals surface area contributed by atoms with Crippen LogP contribution < -0.4 is 0 Å². The molecule has 2 heteroatoms. The monoisotopic (exact) mass is 137 g/mol. The molecule has 0 bridgehead atoms. The third-order valence-corrected chi connectivity index (χ3v) is 2.13. The summed E-state index contributed by atoms with van der Waals surface area (Å²) in [6.07, 6.45) is 6.23. The van der Waals surface area contributed by atoms with Crippen molar-refractivity contribution in [3.63, 3.8) is 0 Å². The Bertz CT molecular complexity index is 79.3. The van der Waals surface area contributed by atoms with Gasteiger partial charge in [0.25, 0.3) is 0 Å². The average molecular weight is 137 g/mol. The van der Waals surface area contributed by atoms with Crippen LogP contribution >= 0.6 is 0 Å². The normalized spacial score (nSPS) is 21.2. The van der Waals surface area contributed by atoms with Gasteiger partial charge >= 0.3 is 0 Å². The molecule has 1 aliphatic heterocycles. The smallest absolute Gasteiger partial charge is 0.0653 e. The number of rotatable bonds is 3. The minimum absolute atomic E-state index is 0.844. The highest BCUT2D eigenvalue weighted by atomic mass is 15.1. The molecule has 1 saturated heterocycles. The maximum Gasteiger partial charge on any atom is 0.0653 e. The molecule has 0 atom stereocenters. The van der Waals surface area contributed by atoms with Gasteiger partial charge in [0.2, 0.25) is 0 Å². The molecule has 0 aromatic heterocycles. The molecule has 1 aliphatic rings. The van der Waals surface area contributed by atoms with E-state index in [1.165, 1.54) is 45.3 Å². The molecule has 0 spiro atoms. The van der Waals surface area contributed by atoms with Gasteiger partial charge in [-0.1, -0.05) is 12.7 Å². The van der Waals surface area contributed by atoms with Crippen molar-refractivity contribution in [1.82, 2.24) is 4.90 Å². The van der Waals surface area contributed by atoms with Crippen LogP contribution in [0.5, 0.6) is 0 Å². The summed E-state index contributed by atoms with van der Waals surface area (Å²) in [5.74, 6) is 0. The van der Waals surface area contributed by atoms with E-state index in [4.69, 9.17) is 7.85 Å². The van der Waals surface area contributed by atoms with E-state index in [1.54, 1.807) is 0 Å². The highest BCUT2D eigenvalue weighted by molar-refractivity contribution is 6.08. The largest absolute Gasteiger partial charge is 0.303 e. The highest BCUT2D eigenvalue weighted by Crippen LogP contribution is 2.08. The minimum atomic E-state index is 0.844. The third-order valence-electron chi connectivity index (χ3n) is 2.13. The number of likely N-dealkylation sites (tertiary alicyclic amines) is 1. The van der Waals surface area contributed by atoms with Gasteiger partial charge in [0.1, 0.15) is 0 Å². The van der Waals surface area contributed by atoms with Gasteiger partial charge in [-0.05, 0) is 38.9 Å². The Morgan fingerprint density at radius 2 is 1.80 bits per heavy atom. The second-order valence-corrected chi connectivity index (χ2v) is 3.04. The summed E-state index contributed by atoms with van der Waals surface area (Å²) < 4.78 is 0. The highest BCUT2D eigenvalue weighted by Gasteiger charge is 2.07. The van der Waals surface area contributed by atoms with Gasteiger partial charge < -0.3 is 4.90 Å². The summed E-state index contributed by atoms with van der Waals surface area (Å²) in [5, 5.41) is 0. The molecule has 0 aliphatic carbocycles. The fourth-order valence-electron chi connectivity index (χ4n) is 1.50. The molecule has 0 aromatic rings. The quantitative estimate of drug-likeness (QED) is 0.532. The lowest BCUT2D eigenvalue weighted by atomic mass is 10.0. The Kier molecular flexibility index (Phi) is 3.88. The van der Waals surface area contributed by atoms with E-state index in [1.807, 2.05) is 0 Å². The van der Waals surface area contributed by atoms with Crippen LogP contribution in [0, 0.1) is 0 Å². The Morgan fingerprint density at radius 3 is 2.40 bits per heavy atom. The molecular formula is C8H16BN. The molecule has 1 nitrogen and oxygen atoms in total. The predicted molar refractivity (Wildman–Crippen MR) is 45.5 cm³/mol. The zero-order valence-corrected chi connectivity index (χ0v) is 6.68. The maximum atomic E-state index is 5.42. The number of piperidine rings is 1. The zero-order chi connectivity index (χ0) is 7.23. The lowest BCUT2D eigenvalue weighted by molar-refractivity contribution is 0.229. The van der Waals surface area contributed by atoms with E-state index in [2.05, 4.69) is 4.90 Å². The third kappa shape index (κ3) is 2.74. The molecule has 0 amide bonds. The van der Waals surface area contributed by atoms with Gasteiger partial charge in [0.05, 0.1) is 7.85 Å². The van der Waals surface area contributed by atoms with Gasteiger partial charge in [-0.25, -0.2) is 0 Å². The van der Waals surface area contributed by atoms with Crippen molar-refractivity contribution in [1.29, 1.82) is 0 Å². The van der Waals surface area contributed by atoms with Gasteiger partial charge in [0, 0.05) is 0 Å². The first-order valence-corrected chi connectivity index (χ1v) is 4.36. The van der Waals surface area contributed by atoms with E-state index < -0.39 is 0 Å². The van der Waals surface area contributed by atoms with Crippen molar-refractivity contribution in [2.75, 3.05) is 19.6 Å². The van der Waals surface area contributed by atoms with E-state index in [0.29, 0.717) is 0 Å². The fraction of sp³-hybridized carbons (Fsp3) is 1.00. The zero-order valence-electron chi connectivity index (χ0n) is 6.68. The van der Waals surface area contributed by atoms with E-state index in [-0.39, 0.29) is 0 Å². The minimum Gasteiger partial charge on any atom is -0.303 e. The predicted octanol–water partition coefficient (Wildman–Crippen LogP) is 1.45. The topological polar surface area (TPSA) is 3.24 Å². The summed E-state index contributed by atoms with van der Waals surface area (Å²) in [7, 11) is 5.42. The summed E-state index contributed by atoms with van der Waals surface area (Å²) in [5.41, 5.74) is 0. The van der Waals surface area contributed by atoms with Crippen molar-refractivity contribution in [2.45, 2.75) is 32.0 Å². The second-order valence-electron chi connectivity index (χ2n) is 3.04. The SMILES string of the molecule is [B]CCCN1CCCCC1. The number of nitrogens with zero attached hydrogens (tertiary/aromatic N) is 1. The molecular weight excluding hydrogens is 121 g/mol. The van der Waals surface area contributed by atoms with Crippen LogP contribution in [0.4, 0.5) is 0 Å². The molecule has 10 heavy (non-hydrogen) atoms. The van der Waals surface area contributed by atoms with Gasteiger partial charge in [-0.3, -0.25) is 0 Å². The van der Waals surface area contributed by atoms with Crippen molar-refractivity contribution in [3.8, 4) is 0 Å². The molecule has 0 aromatic carbocycles. The van der Waals surface area contributed by atoms with E-state index in [0.717, 1.165) is 6.32 Å². The van der Waals surface area contributed by atoms with Gasteiger partial charge in [-0.2, -0.15) is 0 Å². The molecule has 0 unspecified atom stereocenters. The number of hydrogen-bond acceptors (Lipinski definition) is 1. The first-order chi connectivity index (χ1) is 4.93. The summed E-state index contributed by atoms with van der Waals surface area (Å²) in [4.78, 5) is 2.52. The van der Waals surface area contributed by atoms with Crippen LogP contribution in [0.2, 0.25) is 6.32 Å². The molecule has 56 valence electrons. The van der Waals surface area contributed by atoms with Crippen molar-refractivity contribution in [2.24, 2.45) is 0 Å².